The van der Waals surface area contributed by atoms with Gasteiger partial charge in [0.25, 0.3) is 0 Å². The van der Waals surface area contributed by atoms with Gasteiger partial charge in [0, 0.05) is 5.02 Å². The van der Waals surface area contributed by atoms with Gasteiger partial charge >= 0.3 is 5.97 Å². The van der Waals surface area contributed by atoms with Crippen LogP contribution in [0.4, 0.5) is 4.39 Å². The van der Waals surface area contributed by atoms with E-state index in [2.05, 4.69) is 0 Å². The first-order valence-corrected chi connectivity index (χ1v) is 7.19. The van der Waals surface area contributed by atoms with Gasteiger partial charge in [0.15, 0.2) is 9.84 Å². The Morgan fingerprint density at radius 1 is 1.50 bits per heavy atom. The summed E-state index contributed by atoms with van der Waals surface area (Å²) < 4.78 is 36.7. The van der Waals surface area contributed by atoms with E-state index >= 15 is 0 Å². The van der Waals surface area contributed by atoms with Gasteiger partial charge in [-0.2, -0.15) is 0 Å². The second-order valence-corrected chi connectivity index (χ2v) is 6.78. The van der Waals surface area contributed by atoms with E-state index in [1.807, 2.05) is 0 Å². The van der Waals surface area contributed by atoms with E-state index in [0.717, 1.165) is 12.1 Å². The molecule has 0 aliphatic rings. The van der Waals surface area contributed by atoms with Gasteiger partial charge in [-0.05, 0) is 30.7 Å². The number of hydrogen-bond acceptors (Lipinski definition) is 3. The van der Waals surface area contributed by atoms with Crippen LogP contribution in [0.15, 0.2) is 18.2 Å². The number of rotatable bonds is 5. The van der Waals surface area contributed by atoms with E-state index in [1.54, 1.807) is 0 Å². The molecule has 1 atom stereocenters. The van der Waals surface area contributed by atoms with Gasteiger partial charge in [0.2, 0.25) is 0 Å². The maximum Gasteiger partial charge on any atom is 0.304 e. The molecule has 18 heavy (non-hydrogen) atoms. The van der Waals surface area contributed by atoms with Gasteiger partial charge in [-0.15, -0.1) is 0 Å². The van der Waals surface area contributed by atoms with Crippen LogP contribution in [0.5, 0.6) is 0 Å². The fourth-order valence-corrected chi connectivity index (χ4v) is 3.00. The fourth-order valence-electron chi connectivity index (χ4n) is 1.39. The molecule has 7 heteroatoms. The number of aliphatic carboxylic acids is 1. The van der Waals surface area contributed by atoms with Crippen molar-refractivity contribution in [2.24, 2.45) is 0 Å². The molecule has 0 aliphatic heterocycles. The molecular formula is C11H12ClFO4S. The van der Waals surface area contributed by atoms with Crippen LogP contribution in [0.2, 0.25) is 5.02 Å². The Labute approximate surface area is 109 Å². The molecule has 0 bridgehead atoms. The maximum atomic E-state index is 13.0. The van der Waals surface area contributed by atoms with E-state index in [-0.39, 0.29) is 10.6 Å². The minimum atomic E-state index is -3.68. The average molecular weight is 295 g/mol. The van der Waals surface area contributed by atoms with Gasteiger partial charge in [0.1, 0.15) is 5.82 Å². The smallest absolute Gasteiger partial charge is 0.304 e. The Kier molecular flexibility index (Phi) is 4.70. The molecule has 0 spiro atoms. The maximum absolute atomic E-state index is 13.0. The van der Waals surface area contributed by atoms with Crippen LogP contribution in [0.25, 0.3) is 0 Å². The van der Waals surface area contributed by atoms with Gasteiger partial charge in [-0.3, -0.25) is 4.79 Å². The van der Waals surface area contributed by atoms with Crippen molar-refractivity contribution in [3.8, 4) is 0 Å². The third-order valence-corrected chi connectivity index (χ3v) is 4.91. The molecule has 0 saturated carbocycles. The minimum absolute atomic E-state index is 0.133. The lowest BCUT2D eigenvalue weighted by Gasteiger charge is -2.11. The van der Waals surface area contributed by atoms with Crippen LogP contribution in [-0.2, 0) is 20.4 Å². The summed E-state index contributed by atoms with van der Waals surface area (Å²) in [6.45, 7) is 1.30. The summed E-state index contributed by atoms with van der Waals surface area (Å²) in [6.07, 6.45) is -0.491. The molecule has 0 aliphatic carbocycles. The zero-order valence-corrected chi connectivity index (χ0v) is 11.1. The minimum Gasteiger partial charge on any atom is -0.481 e. The molecule has 1 rings (SSSR count). The highest BCUT2D eigenvalue weighted by molar-refractivity contribution is 7.91. The summed E-state index contributed by atoms with van der Waals surface area (Å²) in [5, 5.41) is 7.66. The van der Waals surface area contributed by atoms with E-state index in [9.17, 15) is 17.6 Å². The van der Waals surface area contributed by atoms with E-state index in [1.165, 1.54) is 13.0 Å². The van der Waals surface area contributed by atoms with Crippen LogP contribution in [0.3, 0.4) is 0 Å². The van der Waals surface area contributed by atoms with Crippen LogP contribution in [-0.4, -0.2) is 24.7 Å². The molecule has 0 aromatic heterocycles. The highest BCUT2D eigenvalue weighted by atomic mass is 35.5. The molecule has 0 radical (unpaired) electrons. The van der Waals surface area contributed by atoms with Crippen LogP contribution < -0.4 is 0 Å². The first-order chi connectivity index (χ1) is 8.22. The van der Waals surface area contributed by atoms with Gasteiger partial charge in [-0.25, -0.2) is 12.8 Å². The lowest BCUT2D eigenvalue weighted by atomic mass is 10.2. The number of hydrogen-bond donors (Lipinski definition) is 1. The summed E-state index contributed by atoms with van der Waals surface area (Å²) in [6, 6.07) is 3.43. The number of halogens is 2. The second kappa shape index (κ2) is 5.67. The first-order valence-electron chi connectivity index (χ1n) is 5.09. The molecule has 100 valence electrons. The zero-order valence-electron chi connectivity index (χ0n) is 9.56. The molecule has 1 aromatic rings. The van der Waals surface area contributed by atoms with Crippen molar-refractivity contribution in [2.45, 2.75) is 24.3 Å². The number of sulfone groups is 1. The Hall–Kier alpha value is -1.14. The number of benzene rings is 1. The van der Waals surface area contributed by atoms with Crippen LogP contribution >= 0.6 is 11.6 Å². The largest absolute Gasteiger partial charge is 0.481 e. The van der Waals surface area contributed by atoms with Gasteiger partial charge in [-0.1, -0.05) is 11.6 Å². The van der Waals surface area contributed by atoms with Crippen molar-refractivity contribution in [1.82, 2.24) is 0 Å². The van der Waals surface area contributed by atoms with Crippen molar-refractivity contribution in [3.05, 3.63) is 34.6 Å². The molecular weight excluding hydrogens is 283 g/mol. The Bertz CT molecular complexity index is 556. The highest BCUT2D eigenvalue weighted by Crippen LogP contribution is 2.22. The second-order valence-electron chi connectivity index (χ2n) is 3.95. The molecule has 0 fully saturated rings. The van der Waals surface area contributed by atoms with Crippen LogP contribution in [0, 0.1) is 5.82 Å². The lowest BCUT2D eigenvalue weighted by molar-refractivity contribution is -0.136. The third kappa shape index (κ3) is 3.96. The normalized spacial score (nSPS) is 13.3. The van der Waals surface area contributed by atoms with Crippen molar-refractivity contribution < 1.29 is 22.7 Å². The molecule has 0 saturated heterocycles. The SMILES string of the molecule is CC(CC(=O)O)S(=O)(=O)Cc1cc(F)ccc1Cl. The standard InChI is InChI=1S/C11H12ClFO4S/c1-7(4-11(14)15)18(16,17)6-8-5-9(13)2-3-10(8)12/h2-3,5,7H,4,6H2,1H3,(H,14,15). The van der Waals surface area contributed by atoms with Gasteiger partial charge in [0.05, 0.1) is 17.4 Å². The van der Waals surface area contributed by atoms with Crippen molar-refractivity contribution in [3.63, 3.8) is 0 Å². The molecule has 1 unspecified atom stereocenters. The Morgan fingerprint density at radius 2 is 2.11 bits per heavy atom. The Balaban J connectivity index is 2.95. The Morgan fingerprint density at radius 3 is 2.67 bits per heavy atom. The summed E-state index contributed by atoms with van der Waals surface area (Å²) >= 11 is 5.77. The summed E-state index contributed by atoms with van der Waals surface area (Å²) in [7, 11) is -3.68. The topological polar surface area (TPSA) is 71.4 Å². The predicted molar refractivity (Wildman–Crippen MR) is 65.7 cm³/mol. The molecule has 0 heterocycles. The average Bonchev–Trinajstić information content (AvgIpc) is 2.22. The summed E-state index contributed by atoms with van der Waals surface area (Å²) in [4.78, 5) is 10.5. The highest BCUT2D eigenvalue weighted by Gasteiger charge is 2.24. The molecule has 4 nitrogen and oxygen atoms in total. The molecule has 0 amide bonds. The summed E-state index contributed by atoms with van der Waals surface area (Å²) in [5.74, 6) is -2.26. The van der Waals surface area contributed by atoms with E-state index in [4.69, 9.17) is 16.7 Å². The fraction of sp³-hybridized carbons (Fsp3) is 0.364. The van der Waals surface area contributed by atoms with Crippen LogP contribution in [0.1, 0.15) is 18.9 Å². The molecule has 1 aromatic carbocycles. The molecule has 1 N–H and O–H groups in total. The third-order valence-electron chi connectivity index (χ3n) is 2.44. The van der Waals surface area contributed by atoms with E-state index in [0.29, 0.717) is 0 Å². The van der Waals surface area contributed by atoms with Crippen molar-refractivity contribution in [2.75, 3.05) is 0 Å². The summed E-state index contributed by atoms with van der Waals surface area (Å²) in [5.41, 5.74) is 0.133. The monoisotopic (exact) mass is 294 g/mol. The van der Waals surface area contributed by atoms with Crippen molar-refractivity contribution >= 4 is 27.4 Å². The number of carboxylic acids is 1. The predicted octanol–water partition coefficient (Wildman–Crippen LogP) is 2.26. The number of carbonyl (C=O) groups is 1. The number of carboxylic acid groups (broad SMARTS) is 1. The van der Waals surface area contributed by atoms with Crippen molar-refractivity contribution in [1.29, 1.82) is 0 Å². The quantitative estimate of drug-likeness (QED) is 0.904. The van der Waals surface area contributed by atoms with Gasteiger partial charge < -0.3 is 5.11 Å². The first kappa shape index (κ1) is 14.9. The zero-order chi connectivity index (χ0) is 13.9. The lowest BCUT2D eigenvalue weighted by Crippen LogP contribution is -2.23. The van der Waals surface area contributed by atoms with E-state index < -0.39 is 39.0 Å².